The van der Waals surface area contributed by atoms with Crippen LogP contribution in [0.5, 0.6) is 0 Å². The van der Waals surface area contributed by atoms with E-state index in [1.807, 2.05) is 23.1 Å². The van der Waals surface area contributed by atoms with Gasteiger partial charge in [-0.3, -0.25) is 4.79 Å². The van der Waals surface area contributed by atoms with Gasteiger partial charge < -0.3 is 10.0 Å². The van der Waals surface area contributed by atoms with Crippen molar-refractivity contribution in [2.45, 2.75) is 50.7 Å². The minimum Gasteiger partial charge on any atom is -0.393 e. The molecular formula is C17H21BrClNO2. The lowest BCUT2D eigenvalue weighted by molar-refractivity contribution is -0.133. The number of rotatable bonds is 3. The molecule has 3 nitrogen and oxygen atoms in total. The van der Waals surface area contributed by atoms with Crippen LogP contribution in [0.4, 0.5) is 0 Å². The molecule has 0 radical (unpaired) electrons. The van der Waals surface area contributed by atoms with E-state index in [-0.39, 0.29) is 17.9 Å². The lowest BCUT2D eigenvalue weighted by atomic mass is 9.92. The van der Waals surface area contributed by atoms with Gasteiger partial charge in [-0.05, 0) is 56.2 Å². The van der Waals surface area contributed by atoms with Crippen LogP contribution in [0.3, 0.4) is 0 Å². The Bertz CT molecular complexity index is 558. The van der Waals surface area contributed by atoms with E-state index in [2.05, 4.69) is 15.9 Å². The highest BCUT2D eigenvalue weighted by Crippen LogP contribution is 2.32. The minimum atomic E-state index is -0.175. The van der Waals surface area contributed by atoms with Gasteiger partial charge in [-0.15, -0.1) is 0 Å². The number of aliphatic hydroxyl groups is 1. The maximum absolute atomic E-state index is 12.7. The van der Waals surface area contributed by atoms with Crippen molar-refractivity contribution in [1.29, 1.82) is 0 Å². The standard InChI is InChI=1S/C17H21BrClNO2/c18-13-2-1-11(16(19)10-13)9-12-7-8-20(17(12)22)14-3-5-15(21)6-4-14/h1-2,10,12,14-15,21H,3-9H2/t12?,14-,15+. The summed E-state index contributed by atoms with van der Waals surface area (Å²) in [5.41, 5.74) is 1.05. The predicted octanol–water partition coefficient (Wildman–Crippen LogP) is 3.80. The number of aliphatic hydroxyl groups excluding tert-OH is 1. The van der Waals surface area contributed by atoms with E-state index < -0.39 is 0 Å². The number of amides is 1. The first-order chi connectivity index (χ1) is 10.5. The second-order valence-electron chi connectivity index (χ2n) is 6.42. The van der Waals surface area contributed by atoms with Crippen molar-refractivity contribution in [1.82, 2.24) is 4.90 Å². The molecule has 1 aromatic carbocycles. The number of halogens is 2. The van der Waals surface area contributed by atoms with Crippen molar-refractivity contribution in [3.63, 3.8) is 0 Å². The fraction of sp³-hybridized carbons (Fsp3) is 0.588. The molecule has 1 unspecified atom stereocenters. The van der Waals surface area contributed by atoms with E-state index in [4.69, 9.17) is 11.6 Å². The van der Waals surface area contributed by atoms with Gasteiger partial charge in [0.1, 0.15) is 0 Å². The Balaban J connectivity index is 1.63. The zero-order chi connectivity index (χ0) is 15.7. The van der Waals surface area contributed by atoms with Crippen LogP contribution in [0.15, 0.2) is 22.7 Å². The molecule has 1 aliphatic carbocycles. The maximum Gasteiger partial charge on any atom is 0.226 e. The molecule has 120 valence electrons. The van der Waals surface area contributed by atoms with Gasteiger partial charge in [-0.25, -0.2) is 0 Å². The summed E-state index contributed by atoms with van der Waals surface area (Å²) in [5, 5.41) is 10.3. The maximum atomic E-state index is 12.7. The third-order valence-corrected chi connectivity index (χ3v) is 5.78. The fourth-order valence-electron chi connectivity index (χ4n) is 3.64. The number of hydrogen-bond acceptors (Lipinski definition) is 2. The molecule has 1 aromatic rings. The molecule has 0 spiro atoms. The van der Waals surface area contributed by atoms with Crippen molar-refractivity contribution >= 4 is 33.4 Å². The van der Waals surface area contributed by atoms with E-state index in [0.717, 1.165) is 60.1 Å². The SMILES string of the molecule is O=C1C(Cc2ccc(Br)cc2Cl)CCN1[C@H]1CC[C@@H](O)CC1. The molecule has 2 aliphatic rings. The van der Waals surface area contributed by atoms with Crippen LogP contribution in [-0.4, -0.2) is 34.6 Å². The number of hydrogen-bond donors (Lipinski definition) is 1. The van der Waals surface area contributed by atoms with Gasteiger partial charge in [-0.2, -0.15) is 0 Å². The van der Waals surface area contributed by atoms with Crippen molar-refractivity contribution in [2.24, 2.45) is 5.92 Å². The summed E-state index contributed by atoms with van der Waals surface area (Å²) in [7, 11) is 0. The molecule has 1 N–H and O–H groups in total. The first-order valence-electron chi connectivity index (χ1n) is 7.97. The first kappa shape index (κ1) is 16.3. The zero-order valence-corrected chi connectivity index (χ0v) is 14.8. The molecule has 22 heavy (non-hydrogen) atoms. The Morgan fingerprint density at radius 1 is 1.23 bits per heavy atom. The van der Waals surface area contributed by atoms with Gasteiger partial charge in [0.25, 0.3) is 0 Å². The predicted molar refractivity (Wildman–Crippen MR) is 90.9 cm³/mol. The molecule has 1 saturated heterocycles. The molecule has 1 atom stereocenters. The van der Waals surface area contributed by atoms with Crippen molar-refractivity contribution < 1.29 is 9.90 Å². The summed E-state index contributed by atoms with van der Waals surface area (Å²) >= 11 is 9.68. The first-order valence-corrected chi connectivity index (χ1v) is 9.14. The Morgan fingerprint density at radius 3 is 2.64 bits per heavy atom. The Morgan fingerprint density at radius 2 is 1.95 bits per heavy atom. The summed E-state index contributed by atoms with van der Waals surface area (Å²) in [5.74, 6) is 0.311. The number of carbonyl (C=O) groups is 1. The normalized spacial score (nSPS) is 29.1. The minimum absolute atomic E-state index is 0.0468. The second kappa shape index (κ2) is 6.90. The second-order valence-corrected chi connectivity index (χ2v) is 7.74. The Kier molecular flexibility index (Phi) is 5.10. The summed E-state index contributed by atoms with van der Waals surface area (Å²) in [4.78, 5) is 14.7. The summed E-state index contributed by atoms with van der Waals surface area (Å²) in [6, 6.07) is 6.18. The average molecular weight is 387 g/mol. The molecule has 1 saturated carbocycles. The van der Waals surface area contributed by atoms with Gasteiger partial charge in [-0.1, -0.05) is 33.6 Å². The van der Waals surface area contributed by atoms with Crippen molar-refractivity contribution in [2.75, 3.05) is 6.54 Å². The highest BCUT2D eigenvalue weighted by atomic mass is 79.9. The molecule has 1 aliphatic heterocycles. The van der Waals surface area contributed by atoms with Crippen LogP contribution in [0.25, 0.3) is 0 Å². The zero-order valence-electron chi connectivity index (χ0n) is 12.5. The van der Waals surface area contributed by atoms with E-state index >= 15 is 0 Å². The van der Waals surface area contributed by atoms with Crippen LogP contribution in [0.2, 0.25) is 5.02 Å². The third kappa shape index (κ3) is 3.50. The quantitative estimate of drug-likeness (QED) is 0.858. The highest BCUT2D eigenvalue weighted by molar-refractivity contribution is 9.10. The van der Waals surface area contributed by atoms with Gasteiger partial charge in [0, 0.05) is 28.0 Å². The van der Waals surface area contributed by atoms with Crippen molar-refractivity contribution in [3.05, 3.63) is 33.3 Å². The number of benzene rings is 1. The van der Waals surface area contributed by atoms with Crippen LogP contribution in [-0.2, 0) is 11.2 Å². The fourth-order valence-corrected chi connectivity index (χ4v) is 4.39. The van der Waals surface area contributed by atoms with E-state index in [9.17, 15) is 9.90 Å². The largest absolute Gasteiger partial charge is 0.393 e. The van der Waals surface area contributed by atoms with Crippen LogP contribution in [0, 0.1) is 5.92 Å². The molecule has 2 fully saturated rings. The summed E-state index contributed by atoms with van der Waals surface area (Å²) in [6.45, 7) is 0.846. The number of likely N-dealkylation sites (tertiary alicyclic amines) is 1. The molecular weight excluding hydrogens is 366 g/mol. The summed E-state index contributed by atoms with van der Waals surface area (Å²) < 4.78 is 0.960. The number of nitrogens with zero attached hydrogens (tertiary/aromatic N) is 1. The lowest BCUT2D eigenvalue weighted by Gasteiger charge is -2.33. The topological polar surface area (TPSA) is 40.5 Å². The van der Waals surface area contributed by atoms with Gasteiger partial charge in [0.2, 0.25) is 5.91 Å². The van der Waals surface area contributed by atoms with Gasteiger partial charge in [0.05, 0.1) is 6.10 Å². The Labute approximate surface area is 144 Å². The molecule has 0 aromatic heterocycles. The van der Waals surface area contributed by atoms with Crippen LogP contribution in [0.1, 0.15) is 37.7 Å². The smallest absolute Gasteiger partial charge is 0.226 e. The van der Waals surface area contributed by atoms with Crippen LogP contribution >= 0.6 is 27.5 Å². The van der Waals surface area contributed by atoms with E-state index in [0.29, 0.717) is 6.04 Å². The van der Waals surface area contributed by atoms with Gasteiger partial charge >= 0.3 is 0 Å². The highest BCUT2D eigenvalue weighted by Gasteiger charge is 2.37. The molecule has 5 heteroatoms. The van der Waals surface area contributed by atoms with Gasteiger partial charge in [0.15, 0.2) is 0 Å². The monoisotopic (exact) mass is 385 g/mol. The lowest BCUT2D eigenvalue weighted by Crippen LogP contribution is -2.41. The van der Waals surface area contributed by atoms with Crippen molar-refractivity contribution in [3.8, 4) is 0 Å². The molecule has 0 bridgehead atoms. The van der Waals surface area contributed by atoms with E-state index in [1.54, 1.807) is 0 Å². The molecule has 1 heterocycles. The average Bonchev–Trinajstić information content (AvgIpc) is 2.84. The third-order valence-electron chi connectivity index (χ3n) is 4.94. The van der Waals surface area contributed by atoms with Crippen LogP contribution < -0.4 is 0 Å². The summed E-state index contributed by atoms with van der Waals surface area (Å²) in [6.07, 6.45) is 4.94. The number of carbonyl (C=O) groups excluding carboxylic acids is 1. The molecule has 1 amide bonds. The molecule has 3 rings (SSSR count). The Hall–Kier alpha value is -0.580. The van der Waals surface area contributed by atoms with E-state index in [1.165, 1.54) is 0 Å².